The fourth-order valence-electron chi connectivity index (χ4n) is 2.91. The molecule has 0 bridgehead atoms. The second kappa shape index (κ2) is 6.09. The van der Waals surface area contributed by atoms with Crippen molar-refractivity contribution in [3.8, 4) is 16.9 Å². The molecule has 4 heteroatoms. The number of aromatic amines is 1. The lowest BCUT2D eigenvalue weighted by molar-refractivity contribution is 0.397. The van der Waals surface area contributed by atoms with Crippen LogP contribution < -0.4 is 10.1 Å². The van der Waals surface area contributed by atoms with Gasteiger partial charge in [-0.25, -0.2) is 0 Å². The molecule has 1 aromatic heterocycles. The molecule has 2 heterocycles. The van der Waals surface area contributed by atoms with Gasteiger partial charge in [0.2, 0.25) is 0 Å². The molecule has 1 aliphatic heterocycles. The lowest BCUT2D eigenvalue weighted by atomic mass is 9.96. The summed E-state index contributed by atoms with van der Waals surface area (Å²) in [7, 11) is 1.71. The normalized spacial score (nSPS) is 18.9. The summed E-state index contributed by atoms with van der Waals surface area (Å²) < 4.78 is 5.46. The van der Waals surface area contributed by atoms with Gasteiger partial charge in [0.25, 0.3) is 0 Å². The molecular formula is C16H21N3O. The third-order valence-corrected chi connectivity index (χ3v) is 3.98. The first-order chi connectivity index (χ1) is 9.88. The van der Waals surface area contributed by atoms with Crippen LogP contribution in [0.25, 0.3) is 11.1 Å². The first kappa shape index (κ1) is 13.2. The lowest BCUT2D eigenvalue weighted by Gasteiger charge is -2.23. The van der Waals surface area contributed by atoms with Crippen molar-refractivity contribution in [3.05, 3.63) is 36.2 Å². The highest BCUT2D eigenvalue weighted by atomic mass is 16.5. The van der Waals surface area contributed by atoms with Gasteiger partial charge < -0.3 is 10.1 Å². The van der Waals surface area contributed by atoms with E-state index < -0.39 is 0 Å². The number of ether oxygens (including phenoxy) is 1. The van der Waals surface area contributed by atoms with Gasteiger partial charge in [0.05, 0.1) is 13.3 Å². The minimum absolute atomic E-state index is 0.553. The van der Waals surface area contributed by atoms with Gasteiger partial charge in [0.15, 0.2) is 0 Å². The van der Waals surface area contributed by atoms with Crippen molar-refractivity contribution in [1.29, 1.82) is 0 Å². The van der Waals surface area contributed by atoms with Gasteiger partial charge >= 0.3 is 0 Å². The molecule has 0 amide bonds. The van der Waals surface area contributed by atoms with Crippen molar-refractivity contribution in [2.75, 3.05) is 13.7 Å². The molecule has 20 heavy (non-hydrogen) atoms. The topological polar surface area (TPSA) is 49.9 Å². The highest BCUT2D eigenvalue weighted by Gasteiger charge is 2.18. The standard InChI is InChI=1S/C16H21N3O/c1-20-16-8-3-2-7-13(16)14-11-18-19-15(14)10-12-6-4-5-9-17-12/h2-3,7-8,11-12,17H,4-6,9-10H2,1H3,(H,18,19). The van der Waals surface area contributed by atoms with E-state index in [2.05, 4.69) is 21.6 Å². The molecule has 1 aliphatic rings. The molecule has 2 N–H and O–H groups in total. The van der Waals surface area contributed by atoms with Crippen molar-refractivity contribution in [3.63, 3.8) is 0 Å². The molecule has 3 rings (SSSR count). The van der Waals surface area contributed by atoms with Crippen LogP contribution in [-0.2, 0) is 6.42 Å². The zero-order chi connectivity index (χ0) is 13.8. The van der Waals surface area contributed by atoms with Crippen LogP contribution in [0.3, 0.4) is 0 Å². The first-order valence-electron chi connectivity index (χ1n) is 7.27. The van der Waals surface area contributed by atoms with Crippen LogP contribution in [0.5, 0.6) is 5.75 Å². The fraction of sp³-hybridized carbons (Fsp3) is 0.438. The average Bonchev–Trinajstić information content (AvgIpc) is 2.96. The Morgan fingerprint density at radius 1 is 1.25 bits per heavy atom. The maximum atomic E-state index is 5.46. The monoisotopic (exact) mass is 271 g/mol. The number of benzene rings is 1. The summed E-state index contributed by atoms with van der Waals surface area (Å²) in [5, 5.41) is 11.0. The van der Waals surface area contributed by atoms with E-state index in [1.54, 1.807) is 7.11 Å². The fourth-order valence-corrected chi connectivity index (χ4v) is 2.91. The van der Waals surface area contributed by atoms with Crippen molar-refractivity contribution in [2.24, 2.45) is 0 Å². The largest absolute Gasteiger partial charge is 0.496 e. The van der Waals surface area contributed by atoms with E-state index in [0.29, 0.717) is 6.04 Å². The summed E-state index contributed by atoms with van der Waals surface area (Å²) in [6, 6.07) is 8.66. The smallest absolute Gasteiger partial charge is 0.126 e. The van der Waals surface area contributed by atoms with Gasteiger partial charge in [0.1, 0.15) is 5.75 Å². The van der Waals surface area contributed by atoms with E-state index in [0.717, 1.165) is 29.8 Å². The molecule has 0 spiro atoms. The summed E-state index contributed by atoms with van der Waals surface area (Å²) in [5.41, 5.74) is 3.44. The molecule has 0 saturated carbocycles. The van der Waals surface area contributed by atoms with E-state index in [9.17, 15) is 0 Å². The number of methoxy groups -OCH3 is 1. The Morgan fingerprint density at radius 3 is 2.95 bits per heavy atom. The highest BCUT2D eigenvalue weighted by molar-refractivity contribution is 5.71. The van der Waals surface area contributed by atoms with E-state index >= 15 is 0 Å². The highest BCUT2D eigenvalue weighted by Crippen LogP contribution is 2.31. The Labute approximate surface area is 119 Å². The van der Waals surface area contributed by atoms with E-state index in [4.69, 9.17) is 4.74 Å². The number of piperidine rings is 1. The number of nitrogens with zero attached hydrogens (tertiary/aromatic N) is 1. The maximum Gasteiger partial charge on any atom is 0.126 e. The van der Waals surface area contributed by atoms with E-state index in [1.165, 1.54) is 25.0 Å². The van der Waals surface area contributed by atoms with Gasteiger partial charge in [-0.05, 0) is 25.5 Å². The Balaban J connectivity index is 1.85. The summed E-state index contributed by atoms with van der Waals surface area (Å²) in [6.45, 7) is 1.13. The minimum atomic E-state index is 0.553. The summed E-state index contributed by atoms with van der Waals surface area (Å²) >= 11 is 0. The third-order valence-electron chi connectivity index (χ3n) is 3.98. The quantitative estimate of drug-likeness (QED) is 0.899. The Kier molecular flexibility index (Phi) is 4.02. The van der Waals surface area contributed by atoms with Gasteiger partial charge in [-0.3, -0.25) is 5.10 Å². The maximum absolute atomic E-state index is 5.46. The molecule has 1 fully saturated rings. The Morgan fingerprint density at radius 2 is 2.15 bits per heavy atom. The molecule has 4 nitrogen and oxygen atoms in total. The van der Waals surface area contributed by atoms with Crippen LogP contribution in [0.15, 0.2) is 30.5 Å². The van der Waals surface area contributed by atoms with Crippen LogP contribution in [0.2, 0.25) is 0 Å². The van der Waals surface area contributed by atoms with Gasteiger partial charge in [0, 0.05) is 29.3 Å². The first-order valence-corrected chi connectivity index (χ1v) is 7.27. The Bertz CT molecular complexity index is 558. The average molecular weight is 271 g/mol. The van der Waals surface area contributed by atoms with E-state index in [1.807, 2.05) is 24.4 Å². The molecule has 1 atom stereocenters. The van der Waals surface area contributed by atoms with Crippen molar-refractivity contribution in [2.45, 2.75) is 31.7 Å². The number of hydrogen-bond acceptors (Lipinski definition) is 3. The zero-order valence-electron chi connectivity index (χ0n) is 11.9. The number of hydrogen-bond donors (Lipinski definition) is 2. The van der Waals surface area contributed by atoms with Crippen LogP contribution in [0.1, 0.15) is 25.0 Å². The summed E-state index contributed by atoms with van der Waals surface area (Å²) in [4.78, 5) is 0. The van der Waals surface area contributed by atoms with Crippen LogP contribution in [-0.4, -0.2) is 29.9 Å². The SMILES string of the molecule is COc1ccccc1-c1cn[nH]c1CC1CCCCN1. The summed E-state index contributed by atoms with van der Waals surface area (Å²) in [5.74, 6) is 0.895. The van der Waals surface area contributed by atoms with Crippen molar-refractivity contribution in [1.82, 2.24) is 15.5 Å². The zero-order valence-corrected chi connectivity index (χ0v) is 11.9. The molecule has 0 aliphatic carbocycles. The third kappa shape index (κ3) is 2.70. The van der Waals surface area contributed by atoms with Gasteiger partial charge in [-0.15, -0.1) is 0 Å². The summed E-state index contributed by atoms with van der Waals surface area (Å²) in [6.07, 6.45) is 6.74. The number of para-hydroxylation sites is 1. The second-order valence-corrected chi connectivity index (χ2v) is 5.31. The van der Waals surface area contributed by atoms with Gasteiger partial charge in [-0.2, -0.15) is 5.10 Å². The molecule has 1 aromatic carbocycles. The Hall–Kier alpha value is -1.81. The molecule has 0 radical (unpaired) electrons. The molecular weight excluding hydrogens is 250 g/mol. The van der Waals surface area contributed by atoms with Crippen LogP contribution in [0, 0.1) is 0 Å². The molecule has 1 saturated heterocycles. The molecule has 2 aromatic rings. The van der Waals surface area contributed by atoms with Gasteiger partial charge in [-0.1, -0.05) is 24.6 Å². The minimum Gasteiger partial charge on any atom is -0.496 e. The number of rotatable bonds is 4. The number of H-pyrrole nitrogens is 1. The molecule has 1 unspecified atom stereocenters. The van der Waals surface area contributed by atoms with Crippen molar-refractivity contribution >= 4 is 0 Å². The van der Waals surface area contributed by atoms with Crippen LogP contribution >= 0.6 is 0 Å². The predicted molar refractivity (Wildman–Crippen MR) is 79.9 cm³/mol. The predicted octanol–water partition coefficient (Wildman–Crippen LogP) is 2.77. The van der Waals surface area contributed by atoms with E-state index in [-0.39, 0.29) is 0 Å². The van der Waals surface area contributed by atoms with Crippen LogP contribution in [0.4, 0.5) is 0 Å². The second-order valence-electron chi connectivity index (χ2n) is 5.31. The lowest BCUT2D eigenvalue weighted by Crippen LogP contribution is -2.35. The molecule has 106 valence electrons. The van der Waals surface area contributed by atoms with Crippen molar-refractivity contribution < 1.29 is 4.74 Å². The number of aromatic nitrogens is 2. The number of nitrogens with one attached hydrogen (secondary N) is 2.